The van der Waals surface area contributed by atoms with Crippen LogP contribution in [-0.4, -0.2) is 6.61 Å². The Bertz CT molecular complexity index is 319. The van der Waals surface area contributed by atoms with Gasteiger partial charge in [0.15, 0.2) is 0 Å². The Morgan fingerprint density at radius 1 is 1.21 bits per heavy atom. The molecule has 1 aromatic carbocycles. The van der Waals surface area contributed by atoms with Gasteiger partial charge in [0.05, 0.1) is 6.10 Å². The van der Waals surface area contributed by atoms with Gasteiger partial charge in [-0.05, 0) is 37.5 Å². The second kappa shape index (κ2) is 4.52. The van der Waals surface area contributed by atoms with Crippen molar-refractivity contribution < 1.29 is 4.74 Å². The maximum atomic E-state index is 6.09. The van der Waals surface area contributed by atoms with E-state index < -0.39 is 0 Å². The fourth-order valence-electron chi connectivity index (χ4n) is 1.75. The van der Waals surface area contributed by atoms with Gasteiger partial charge in [0.2, 0.25) is 0 Å². The summed E-state index contributed by atoms with van der Waals surface area (Å²) in [5.74, 6) is 0. The van der Waals surface area contributed by atoms with E-state index in [4.69, 9.17) is 27.9 Å². The van der Waals surface area contributed by atoms with Crippen LogP contribution in [0.1, 0.15) is 30.9 Å². The van der Waals surface area contributed by atoms with Crippen molar-refractivity contribution in [3.8, 4) is 0 Å². The molecule has 0 aromatic heterocycles. The van der Waals surface area contributed by atoms with Gasteiger partial charge >= 0.3 is 0 Å². The molecule has 1 nitrogen and oxygen atoms in total. The van der Waals surface area contributed by atoms with E-state index in [9.17, 15) is 0 Å². The molecule has 0 N–H and O–H groups in total. The third kappa shape index (κ3) is 2.22. The molecule has 3 heteroatoms. The minimum atomic E-state index is 0.134. The highest BCUT2D eigenvalue weighted by Crippen LogP contribution is 2.33. The maximum Gasteiger partial charge on any atom is 0.0839 e. The Balaban J connectivity index is 2.24. The summed E-state index contributed by atoms with van der Waals surface area (Å²) in [6.07, 6.45) is 3.53. The third-order valence-electron chi connectivity index (χ3n) is 2.48. The predicted octanol–water partition coefficient (Wildman–Crippen LogP) is 4.24. The molecule has 1 aromatic rings. The summed E-state index contributed by atoms with van der Waals surface area (Å²) in [6, 6.07) is 5.53. The van der Waals surface area contributed by atoms with Crippen LogP contribution in [0.4, 0.5) is 0 Å². The largest absolute Gasteiger partial charge is 0.373 e. The SMILES string of the molecule is Clc1ccc(Cl)c(C2CCCCO2)c1. The summed E-state index contributed by atoms with van der Waals surface area (Å²) in [4.78, 5) is 0. The molecule has 1 heterocycles. The standard InChI is InChI=1S/C11H12Cl2O/c12-8-4-5-10(13)9(7-8)11-3-1-2-6-14-11/h4-5,7,11H,1-3,6H2. The number of hydrogen-bond donors (Lipinski definition) is 0. The molecule has 1 unspecified atom stereocenters. The lowest BCUT2D eigenvalue weighted by atomic mass is 10.0. The van der Waals surface area contributed by atoms with Gasteiger partial charge in [-0.25, -0.2) is 0 Å². The van der Waals surface area contributed by atoms with Crippen molar-refractivity contribution in [2.24, 2.45) is 0 Å². The minimum Gasteiger partial charge on any atom is -0.373 e. The molecule has 1 aliphatic heterocycles. The summed E-state index contributed by atoms with van der Waals surface area (Å²) in [5.41, 5.74) is 1.03. The molecule has 0 spiro atoms. The van der Waals surface area contributed by atoms with E-state index in [1.165, 1.54) is 6.42 Å². The van der Waals surface area contributed by atoms with Crippen LogP contribution < -0.4 is 0 Å². The highest BCUT2D eigenvalue weighted by molar-refractivity contribution is 6.33. The van der Waals surface area contributed by atoms with Crippen molar-refractivity contribution in [1.82, 2.24) is 0 Å². The molecule has 1 aliphatic rings. The monoisotopic (exact) mass is 230 g/mol. The summed E-state index contributed by atoms with van der Waals surface area (Å²) in [6.45, 7) is 0.827. The Morgan fingerprint density at radius 3 is 2.79 bits per heavy atom. The lowest BCUT2D eigenvalue weighted by molar-refractivity contribution is 0.0150. The molecule has 1 atom stereocenters. The van der Waals surface area contributed by atoms with Gasteiger partial charge in [0.25, 0.3) is 0 Å². The van der Waals surface area contributed by atoms with Gasteiger partial charge in [-0.3, -0.25) is 0 Å². The zero-order valence-electron chi connectivity index (χ0n) is 7.80. The Hall–Kier alpha value is -0.240. The van der Waals surface area contributed by atoms with E-state index in [1.54, 1.807) is 6.07 Å². The van der Waals surface area contributed by atoms with Crippen LogP contribution in [-0.2, 0) is 4.74 Å². The highest BCUT2D eigenvalue weighted by Gasteiger charge is 2.18. The number of rotatable bonds is 1. The summed E-state index contributed by atoms with van der Waals surface area (Å²) >= 11 is 12.0. The van der Waals surface area contributed by atoms with Crippen molar-refractivity contribution >= 4 is 23.2 Å². The molecule has 14 heavy (non-hydrogen) atoms. The van der Waals surface area contributed by atoms with Crippen molar-refractivity contribution in [1.29, 1.82) is 0 Å². The molecular weight excluding hydrogens is 219 g/mol. The molecule has 2 rings (SSSR count). The molecule has 0 bridgehead atoms. The molecular formula is C11H12Cl2O. The van der Waals surface area contributed by atoms with Crippen molar-refractivity contribution in [3.63, 3.8) is 0 Å². The van der Waals surface area contributed by atoms with Crippen LogP contribution in [0, 0.1) is 0 Å². The quantitative estimate of drug-likeness (QED) is 0.702. The van der Waals surface area contributed by atoms with Crippen molar-refractivity contribution in [2.75, 3.05) is 6.61 Å². The zero-order chi connectivity index (χ0) is 9.97. The molecule has 0 radical (unpaired) electrons. The van der Waals surface area contributed by atoms with E-state index in [2.05, 4.69) is 0 Å². The first kappa shape index (κ1) is 10.3. The number of ether oxygens (including phenoxy) is 1. The fourth-order valence-corrected chi connectivity index (χ4v) is 2.17. The molecule has 76 valence electrons. The van der Waals surface area contributed by atoms with E-state index in [0.29, 0.717) is 0 Å². The first-order chi connectivity index (χ1) is 6.77. The number of benzene rings is 1. The molecule has 0 saturated carbocycles. The Morgan fingerprint density at radius 2 is 2.07 bits per heavy atom. The molecule has 0 aliphatic carbocycles. The van der Waals surface area contributed by atoms with E-state index >= 15 is 0 Å². The van der Waals surface area contributed by atoms with Crippen LogP contribution in [0.25, 0.3) is 0 Å². The summed E-state index contributed by atoms with van der Waals surface area (Å²) in [5, 5.41) is 1.47. The predicted molar refractivity (Wildman–Crippen MR) is 59.0 cm³/mol. The summed E-state index contributed by atoms with van der Waals surface area (Å²) < 4.78 is 5.66. The lowest BCUT2D eigenvalue weighted by Gasteiger charge is -2.23. The van der Waals surface area contributed by atoms with Gasteiger partial charge in [0.1, 0.15) is 0 Å². The average molecular weight is 231 g/mol. The van der Waals surface area contributed by atoms with Crippen molar-refractivity contribution in [2.45, 2.75) is 25.4 Å². The van der Waals surface area contributed by atoms with Gasteiger partial charge in [-0.1, -0.05) is 23.2 Å². The van der Waals surface area contributed by atoms with Gasteiger partial charge < -0.3 is 4.74 Å². The van der Waals surface area contributed by atoms with Crippen LogP contribution >= 0.6 is 23.2 Å². The van der Waals surface area contributed by atoms with Crippen molar-refractivity contribution in [3.05, 3.63) is 33.8 Å². The third-order valence-corrected chi connectivity index (χ3v) is 3.06. The Labute approximate surface area is 94.0 Å². The second-order valence-electron chi connectivity index (χ2n) is 3.52. The van der Waals surface area contributed by atoms with Gasteiger partial charge in [-0.15, -0.1) is 0 Å². The lowest BCUT2D eigenvalue weighted by Crippen LogP contribution is -2.11. The van der Waals surface area contributed by atoms with E-state index in [0.717, 1.165) is 35.1 Å². The van der Waals surface area contributed by atoms with Gasteiger partial charge in [0, 0.05) is 22.2 Å². The van der Waals surface area contributed by atoms with Gasteiger partial charge in [-0.2, -0.15) is 0 Å². The van der Waals surface area contributed by atoms with E-state index in [1.807, 2.05) is 12.1 Å². The Kier molecular flexibility index (Phi) is 3.32. The number of halogens is 2. The topological polar surface area (TPSA) is 9.23 Å². The number of hydrogen-bond acceptors (Lipinski definition) is 1. The average Bonchev–Trinajstić information content (AvgIpc) is 2.23. The summed E-state index contributed by atoms with van der Waals surface area (Å²) in [7, 11) is 0. The van der Waals surface area contributed by atoms with E-state index in [-0.39, 0.29) is 6.10 Å². The fraction of sp³-hybridized carbons (Fsp3) is 0.455. The van der Waals surface area contributed by atoms with Crippen LogP contribution in [0.2, 0.25) is 10.0 Å². The maximum absolute atomic E-state index is 6.09. The molecule has 1 fully saturated rings. The zero-order valence-corrected chi connectivity index (χ0v) is 9.31. The van der Waals surface area contributed by atoms with Crippen LogP contribution in [0.5, 0.6) is 0 Å². The van der Waals surface area contributed by atoms with Crippen LogP contribution in [0.3, 0.4) is 0 Å². The molecule has 1 saturated heterocycles. The minimum absolute atomic E-state index is 0.134. The smallest absolute Gasteiger partial charge is 0.0839 e. The first-order valence-corrected chi connectivity index (χ1v) is 5.59. The second-order valence-corrected chi connectivity index (χ2v) is 4.36. The molecule has 0 amide bonds. The normalized spacial score (nSPS) is 22.3. The van der Waals surface area contributed by atoms with Crippen LogP contribution in [0.15, 0.2) is 18.2 Å². The first-order valence-electron chi connectivity index (χ1n) is 4.84. The highest BCUT2D eigenvalue weighted by atomic mass is 35.5.